The molecule has 1 saturated heterocycles. The van der Waals surface area contributed by atoms with Crippen LogP contribution in [0.15, 0.2) is 24.3 Å². The minimum absolute atomic E-state index is 0.0384. The number of rotatable bonds is 11. The maximum Gasteiger partial charge on any atom is 0.527 e. The van der Waals surface area contributed by atoms with Crippen molar-refractivity contribution in [3.8, 4) is 5.75 Å². The van der Waals surface area contributed by atoms with Gasteiger partial charge in [0, 0.05) is 6.61 Å². The van der Waals surface area contributed by atoms with E-state index in [1.54, 1.807) is 0 Å². The molecule has 2 aliphatic carbocycles. The Bertz CT molecular complexity index is 994. The van der Waals surface area contributed by atoms with Gasteiger partial charge in [-0.1, -0.05) is 13.3 Å². The lowest BCUT2D eigenvalue weighted by Gasteiger charge is -2.40. The van der Waals surface area contributed by atoms with E-state index in [0.717, 1.165) is 32.3 Å². The summed E-state index contributed by atoms with van der Waals surface area (Å²) in [5, 5.41) is 0. The first-order valence-electron chi connectivity index (χ1n) is 15.1. The third kappa shape index (κ3) is 9.39. The molecular formula is C30H39F9O4. The van der Waals surface area contributed by atoms with Gasteiger partial charge < -0.3 is 14.2 Å². The Balaban J connectivity index is 1.21. The molecule has 2 unspecified atom stereocenters. The molecule has 1 aromatic rings. The van der Waals surface area contributed by atoms with Crippen molar-refractivity contribution in [1.82, 2.24) is 0 Å². The van der Waals surface area contributed by atoms with E-state index in [1.165, 1.54) is 0 Å². The van der Waals surface area contributed by atoms with Crippen molar-refractivity contribution in [3.63, 3.8) is 0 Å². The lowest BCUT2D eigenvalue weighted by Crippen LogP contribution is -2.43. The van der Waals surface area contributed by atoms with E-state index in [9.17, 15) is 30.7 Å². The van der Waals surface area contributed by atoms with E-state index < -0.39 is 53.9 Å². The molecule has 13 heteroatoms. The van der Waals surface area contributed by atoms with Crippen LogP contribution >= 0.6 is 0 Å². The van der Waals surface area contributed by atoms with Gasteiger partial charge in [-0.25, -0.2) is 4.74 Å². The molecular weight excluding hydrogens is 595 g/mol. The third-order valence-corrected chi connectivity index (χ3v) is 9.04. The van der Waals surface area contributed by atoms with Gasteiger partial charge in [0.2, 0.25) is 0 Å². The molecule has 0 N–H and O–H groups in total. The van der Waals surface area contributed by atoms with Crippen LogP contribution in [0, 0.1) is 23.7 Å². The molecule has 4 rings (SSSR count). The maximum absolute atomic E-state index is 15.1. The Hall–Kier alpha value is -1.73. The summed E-state index contributed by atoms with van der Waals surface area (Å²) in [6.45, 7) is 2.88. The summed E-state index contributed by atoms with van der Waals surface area (Å²) in [4.78, 5) is 0. The van der Waals surface area contributed by atoms with E-state index in [0.29, 0.717) is 55.9 Å². The van der Waals surface area contributed by atoms with E-state index in [1.807, 2.05) is 0 Å². The SMILES string of the molecule is CCCC1CCC(C2CCC(C(F)(F)OC3CCC(C(F)(F)Oc4ccc(C(F)(F)OC(F)(F)F)cc4)CC3)CC2)OC1. The molecule has 0 aromatic heterocycles. The lowest BCUT2D eigenvalue weighted by molar-refractivity contribution is -0.431. The van der Waals surface area contributed by atoms with Crippen molar-refractivity contribution in [2.45, 2.75) is 121 Å². The fraction of sp³-hybridized carbons (Fsp3) is 0.800. The minimum Gasteiger partial charge on any atom is -0.432 e. The van der Waals surface area contributed by atoms with Gasteiger partial charge in [-0.05, 0) is 107 Å². The molecule has 2 saturated carbocycles. The highest BCUT2D eigenvalue weighted by atomic mass is 19.4. The Labute approximate surface area is 245 Å². The van der Waals surface area contributed by atoms with Gasteiger partial charge in [0.1, 0.15) is 5.75 Å². The van der Waals surface area contributed by atoms with Crippen molar-refractivity contribution in [2.24, 2.45) is 23.7 Å². The zero-order chi connectivity index (χ0) is 31.5. The second-order valence-corrected chi connectivity index (χ2v) is 12.1. The number of hydrogen-bond donors (Lipinski definition) is 0. The number of halogens is 9. The van der Waals surface area contributed by atoms with Crippen LogP contribution in [0.3, 0.4) is 0 Å². The van der Waals surface area contributed by atoms with Crippen LogP contribution in [0.2, 0.25) is 0 Å². The number of benzene rings is 1. The lowest BCUT2D eigenvalue weighted by atomic mass is 9.76. The average molecular weight is 635 g/mol. The largest absolute Gasteiger partial charge is 0.527 e. The summed E-state index contributed by atoms with van der Waals surface area (Å²) < 4.78 is 142. The average Bonchev–Trinajstić information content (AvgIpc) is 2.93. The van der Waals surface area contributed by atoms with Gasteiger partial charge >= 0.3 is 24.7 Å². The Kier molecular flexibility index (Phi) is 10.9. The van der Waals surface area contributed by atoms with Crippen molar-refractivity contribution in [3.05, 3.63) is 29.8 Å². The molecule has 1 aliphatic heterocycles. The van der Waals surface area contributed by atoms with Gasteiger partial charge in [-0.15, -0.1) is 13.2 Å². The Morgan fingerprint density at radius 1 is 0.721 bits per heavy atom. The topological polar surface area (TPSA) is 36.9 Å². The molecule has 3 aliphatic rings. The van der Waals surface area contributed by atoms with E-state index >= 15 is 8.78 Å². The van der Waals surface area contributed by atoms with E-state index in [4.69, 9.17) is 9.47 Å². The molecule has 1 heterocycles. The van der Waals surface area contributed by atoms with Crippen LogP contribution in [0.5, 0.6) is 5.75 Å². The third-order valence-electron chi connectivity index (χ3n) is 9.04. The van der Waals surface area contributed by atoms with Crippen LogP contribution < -0.4 is 4.74 Å². The summed E-state index contributed by atoms with van der Waals surface area (Å²) >= 11 is 0. The van der Waals surface area contributed by atoms with Crippen LogP contribution in [-0.4, -0.2) is 37.4 Å². The Morgan fingerprint density at radius 3 is 1.84 bits per heavy atom. The first kappa shape index (κ1) is 34.1. The smallest absolute Gasteiger partial charge is 0.432 e. The summed E-state index contributed by atoms with van der Waals surface area (Å²) in [5.74, 6) is -2.00. The molecule has 0 bridgehead atoms. The normalized spacial score (nSPS) is 29.8. The highest BCUT2D eigenvalue weighted by Crippen LogP contribution is 2.46. The first-order chi connectivity index (χ1) is 20.1. The van der Waals surface area contributed by atoms with Gasteiger partial charge in [0.15, 0.2) is 0 Å². The van der Waals surface area contributed by atoms with Crippen molar-refractivity contribution in [2.75, 3.05) is 6.61 Å². The van der Waals surface area contributed by atoms with Crippen LogP contribution in [0.1, 0.15) is 89.5 Å². The zero-order valence-electron chi connectivity index (χ0n) is 24.0. The summed E-state index contributed by atoms with van der Waals surface area (Å²) in [6, 6.07) is 2.35. The number of alkyl halides is 9. The minimum atomic E-state index is -5.61. The van der Waals surface area contributed by atoms with Crippen LogP contribution in [0.25, 0.3) is 0 Å². The van der Waals surface area contributed by atoms with Crippen molar-refractivity contribution < 1.29 is 58.5 Å². The van der Waals surface area contributed by atoms with Gasteiger partial charge in [-0.3, -0.25) is 0 Å². The fourth-order valence-corrected chi connectivity index (χ4v) is 6.66. The summed E-state index contributed by atoms with van der Waals surface area (Å²) in [5.41, 5.74) is -1.20. The molecule has 0 spiro atoms. The number of ether oxygens (including phenoxy) is 4. The highest BCUT2D eigenvalue weighted by Gasteiger charge is 2.49. The van der Waals surface area contributed by atoms with Gasteiger partial charge in [0.25, 0.3) is 0 Å². The quantitative estimate of drug-likeness (QED) is 0.227. The fourth-order valence-electron chi connectivity index (χ4n) is 6.66. The summed E-state index contributed by atoms with van der Waals surface area (Å²) in [7, 11) is 0. The predicted octanol–water partition coefficient (Wildman–Crippen LogP) is 9.81. The second-order valence-electron chi connectivity index (χ2n) is 12.1. The molecule has 4 nitrogen and oxygen atoms in total. The molecule has 3 fully saturated rings. The molecule has 1 aromatic carbocycles. The van der Waals surface area contributed by atoms with Gasteiger partial charge in [-0.2, -0.15) is 26.3 Å². The van der Waals surface area contributed by atoms with E-state index in [-0.39, 0.29) is 37.7 Å². The van der Waals surface area contributed by atoms with Crippen LogP contribution in [0.4, 0.5) is 39.5 Å². The first-order valence-corrected chi connectivity index (χ1v) is 15.1. The van der Waals surface area contributed by atoms with Gasteiger partial charge in [0.05, 0.1) is 29.6 Å². The number of hydrogen-bond acceptors (Lipinski definition) is 4. The summed E-state index contributed by atoms with van der Waals surface area (Å²) in [6.07, 6.45) is -12.5. The zero-order valence-corrected chi connectivity index (χ0v) is 24.0. The molecule has 0 radical (unpaired) electrons. The van der Waals surface area contributed by atoms with E-state index in [2.05, 4.69) is 16.4 Å². The molecule has 43 heavy (non-hydrogen) atoms. The standard InChI is InChI=1S/C30H39F9O4/c1-2-3-19-4-17-26(40-18-19)20-5-7-21(8-6-20)27(31,32)41-24-13-9-22(10-14-24)28(33,34)42-25-15-11-23(12-16-25)29(35,36)43-30(37,38)39/h11-12,15-16,19-22,24,26H,2-10,13-14,17-18H2,1H3. The molecule has 246 valence electrons. The highest BCUT2D eigenvalue weighted by molar-refractivity contribution is 5.29. The second kappa shape index (κ2) is 13.7. The molecule has 0 amide bonds. The van der Waals surface area contributed by atoms with Crippen LogP contribution in [-0.2, 0) is 20.3 Å². The monoisotopic (exact) mass is 634 g/mol. The molecule has 2 atom stereocenters. The van der Waals surface area contributed by atoms with Crippen molar-refractivity contribution >= 4 is 0 Å². The van der Waals surface area contributed by atoms with Crippen molar-refractivity contribution in [1.29, 1.82) is 0 Å². The maximum atomic E-state index is 15.1. The Morgan fingerprint density at radius 2 is 1.30 bits per heavy atom. The predicted molar refractivity (Wildman–Crippen MR) is 138 cm³/mol.